The molecule has 1 aromatic heterocycles. The van der Waals surface area contributed by atoms with E-state index in [4.69, 9.17) is 4.74 Å². The maximum atomic E-state index is 13.9. The molecule has 0 fully saturated rings. The number of amides is 1. The Bertz CT molecular complexity index is 1130. The van der Waals surface area contributed by atoms with E-state index in [0.29, 0.717) is 22.6 Å². The first-order valence-electron chi connectivity index (χ1n) is 10.3. The molecule has 3 atom stereocenters. The summed E-state index contributed by atoms with van der Waals surface area (Å²) in [6.07, 6.45) is -5.47. The number of rotatable bonds is 5. The number of alkyl halides is 3. The predicted octanol–water partition coefficient (Wildman–Crippen LogP) is 4.86. The van der Waals surface area contributed by atoms with Gasteiger partial charge in [-0.3, -0.25) is 4.79 Å². The Morgan fingerprint density at radius 1 is 1.21 bits per heavy atom. The lowest BCUT2D eigenvalue weighted by molar-refractivity contribution is -0.173. The number of ether oxygens (including phenoxy) is 1. The van der Waals surface area contributed by atoms with E-state index in [1.807, 2.05) is 0 Å². The zero-order valence-corrected chi connectivity index (χ0v) is 17.9. The number of methoxy groups -OCH3 is 1. The molecule has 174 valence electrons. The zero-order valence-electron chi connectivity index (χ0n) is 17.9. The van der Waals surface area contributed by atoms with Gasteiger partial charge >= 0.3 is 6.18 Å². The van der Waals surface area contributed by atoms with Crippen LogP contribution in [0.25, 0.3) is 0 Å². The van der Waals surface area contributed by atoms with Gasteiger partial charge in [0.05, 0.1) is 19.3 Å². The number of carbonyl (C=O) groups excluding carboxylic acids is 1. The SMILES string of the molecule is COc1ccc([C@@H]2C[C@H](C(F)(F)F)n3nc(C(=O)Nc4ccc([C@H](C)O)cc4)cc3N2)cc1. The molecular weight excluding hydrogens is 437 g/mol. The van der Waals surface area contributed by atoms with Gasteiger partial charge in [-0.15, -0.1) is 0 Å². The molecule has 1 aliphatic rings. The molecule has 33 heavy (non-hydrogen) atoms. The van der Waals surface area contributed by atoms with Crippen molar-refractivity contribution in [2.75, 3.05) is 17.7 Å². The van der Waals surface area contributed by atoms with E-state index in [1.54, 1.807) is 55.5 Å². The van der Waals surface area contributed by atoms with Gasteiger partial charge in [0, 0.05) is 18.2 Å². The normalized spacial score (nSPS) is 18.7. The molecule has 0 unspecified atom stereocenters. The Kier molecular flexibility index (Phi) is 6.03. The molecule has 0 bridgehead atoms. The Morgan fingerprint density at radius 2 is 1.88 bits per heavy atom. The number of aliphatic hydroxyl groups excluding tert-OH is 1. The zero-order chi connectivity index (χ0) is 23.8. The standard InChI is InChI=1S/C23H23F3N4O3/c1-13(31)14-3-7-16(8-4-14)27-22(32)19-12-21-28-18(15-5-9-17(33-2)10-6-15)11-20(23(24,25)26)30(21)29-19/h3-10,12-13,18,20,28,31H,11H2,1-2H3,(H,27,32)/t13-,18-,20+/m0/s1. The number of nitrogens with zero attached hydrogens (tertiary/aromatic N) is 2. The van der Waals surface area contributed by atoms with Crippen molar-refractivity contribution in [3.05, 3.63) is 71.4 Å². The summed E-state index contributed by atoms with van der Waals surface area (Å²) in [4.78, 5) is 12.7. The molecule has 0 saturated heterocycles. The van der Waals surface area contributed by atoms with Gasteiger partial charge in [0.15, 0.2) is 11.7 Å². The number of halogens is 3. The molecule has 4 rings (SSSR count). The van der Waals surface area contributed by atoms with Gasteiger partial charge < -0.3 is 20.5 Å². The van der Waals surface area contributed by atoms with Gasteiger partial charge in [-0.1, -0.05) is 24.3 Å². The van der Waals surface area contributed by atoms with Gasteiger partial charge in [0.2, 0.25) is 0 Å². The highest BCUT2D eigenvalue weighted by Gasteiger charge is 2.46. The summed E-state index contributed by atoms with van der Waals surface area (Å²) in [6.45, 7) is 1.62. The first kappa shape index (κ1) is 22.7. The second-order valence-electron chi connectivity index (χ2n) is 7.87. The highest BCUT2D eigenvalue weighted by atomic mass is 19.4. The van der Waals surface area contributed by atoms with Crippen molar-refractivity contribution >= 4 is 17.4 Å². The van der Waals surface area contributed by atoms with Crippen molar-refractivity contribution < 1.29 is 27.8 Å². The third kappa shape index (κ3) is 4.80. The molecular formula is C23H23F3N4O3. The number of anilines is 2. The minimum Gasteiger partial charge on any atom is -0.497 e. The van der Waals surface area contributed by atoms with Crippen molar-refractivity contribution in [1.29, 1.82) is 0 Å². The molecule has 0 aliphatic carbocycles. The smallest absolute Gasteiger partial charge is 0.410 e. The van der Waals surface area contributed by atoms with Crippen LogP contribution < -0.4 is 15.4 Å². The second-order valence-corrected chi connectivity index (χ2v) is 7.87. The van der Waals surface area contributed by atoms with Crippen molar-refractivity contribution in [2.45, 2.75) is 37.7 Å². The second kappa shape index (κ2) is 8.78. The molecule has 10 heteroatoms. The number of hydrogen-bond acceptors (Lipinski definition) is 5. The van der Waals surface area contributed by atoms with Crippen LogP contribution >= 0.6 is 0 Å². The molecule has 0 saturated carbocycles. The van der Waals surface area contributed by atoms with Gasteiger partial charge in [-0.25, -0.2) is 4.68 Å². The number of nitrogens with one attached hydrogen (secondary N) is 2. The third-order valence-electron chi connectivity index (χ3n) is 5.59. The summed E-state index contributed by atoms with van der Waals surface area (Å²) < 4.78 is 47.5. The topological polar surface area (TPSA) is 88.4 Å². The Balaban J connectivity index is 1.59. The van der Waals surface area contributed by atoms with Crippen LogP contribution in [0.15, 0.2) is 54.6 Å². The monoisotopic (exact) mass is 460 g/mol. The average molecular weight is 460 g/mol. The Hall–Kier alpha value is -3.53. The van der Waals surface area contributed by atoms with E-state index in [2.05, 4.69) is 15.7 Å². The molecule has 0 spiro atoms. The molecule has 3 N–H and O–H groups in total. The van der Waals surface area contributed by atoms with Gasteiger partial charge in [-0.05, 0) is 42.3 Å². The van der Waals surface area contributed by atoms with Crippen molar-refractivity contribution in [3.8, 4) is 5.75 Å². The van der Waals surface area contributed by atoms with Crippen LogP contribution in [0.3, 0.4) is 0 Å². The summed E-state index contributed by atoms with van der Waals surface area (Å²) in [5, 5.41) is 19.2. The van der Waals surface area contributed by atoms with Crippen LogP contribution in [-0.2, 0) is 0 Å². The molecule has 3 aromatic rings. The van der Waals surface area contributed by atoms with Gasteiger partial charge in [0.1, 0.15) is 11.6 Å². The lowest BCUT2D eigenvalue weighted by atomic mass is 9.97. The molecule has 7 nitrogen and oxygen atoms in total. The maximum Gasteiger partial charge on any atom is 0.410 e. The summed E-state index contributed by atoms with van der Waals surface area (Å²) in [7, 11) is 1.51. The quantitative estimate of drug-likeness (QED) is 0.506. The summed E-state index contributed by atoms with van der Waals surface area (Å²) in [6, 6.07) is 12.1. The lowest BCUT2D eigenvalue weighted by Crippen LogP contribution is -2.35. The van der Waals surface area contributed by atoms with Gasteiger partial charge in [-0.2, -0.15) is 18.3 Å². The third-order valence-corrected chi connectivity index (χ3v) is 5.59. The fourth-order valence-corrected chi connectivity index (χ4v) is 3.78. The van der Waals surface area contributed by atoms with Gasteiger partial charge in [0.25, 0.3) is 5.91 Å². The Labute approximate surface area is 188 Å². The summed E-state index contributed by atoms with van der Waals surface area (Å²) >= 11 is 0. The highest BCUT2D eigenvalue weighted by molar-refractivity contribution is 6.03. The summed E-state index contributed by atoms with van der Waals surface area (Å²) in [5.41, 5.74) is 1.64. The molecule has 1 aliphatic heterocycles. The maximum absolute atomic E-state index is 13.9. The van der Waals surface area contributed by atoms with Crippen LogP contribution in [0, 0.1) is 0 Å². The minimum absolute atomic E-state index is 0.110. The fourth-order valence-electron chi connectivity index (χ4n) is 3.78. The van der Waals surface area contributed by atoms with E-state index in [1.165, 1.54) is 13.2 Å². The number of aromatic nitrogens is 2. The van der Waals surface area contributed by atoms with E-state index in [-0.39, 0.29) is 17.9 Å². The number of hydrogen-bond donors (Lipinski definition) is 3. The highest BCUT2D eigenvalue weighted by Crippen LogP contribution is 2.43. The number of benzene rings is 2. The van der Waals surface area contributed by atoms with Crippen LogP contribution in [0.2, 0.25) is 0 Å². The van der Waals surface area contributed by atoms with E-state index in [9.17, 15) is 23.1 Å². The number of fused-ring (bicyclic) bond motifs is 1. The van der Waals surface area contributed by atoms with E-state index in [0.717, 1.165) is 4.68 Å². The number of carbonyl (C=O) groups is 1. The summed E-state index contributed by atoms with van der Waals surface area (Å²) in [5.74, 6) is 0.0804. The van der Waals surface area contributed by atoms with Crippen molar-refractivity contribution in [1.82, 2.24) is 9.78 Å². The minimum atomic E-state index is -4.54. The van der Waals surface area contributed by atoms with Crippen molar-refractivity contribution in [2.24, 2.45) is 0 Å². The first-order valence-corrected chi connectivity index (χ1v) is 10.3. The lowest BCUT2D eigenvalue weighted by Gasteiger charge is -2.33. The predicted molar refractivity (Wildman–Crippen MR) is 116 cm³/mol. The fraction of sp³-hybridized carbons (Fsp3) is 0.304. The molecule has 2 aromatic carbocycles. The Morgan fingerprint density at radius 3 is 2.45 bits per heavy atom. The first-order chi connectivity index (χ1) is 15.7. The number of aliphatic hydroxyl groups is 1. The van der Waals surface area contributed by atoms with Crippen LogP contribution in [0.1, 0.15) is 53.1 Å². The van der Waals surface area contributed by atoms with Crippen LogP contribution in [0.4, 0.5) is 24.7 Å². The van der Waals surface area contributed by atoms with Crippen molar-refractivity contribution in [3.63, 3.8) is 0 Å². The van der Waals surface area contributed by atoms with E-state index < -0.39 is 30.3 Å². The average Bonchev–Trinajstić information content (AvgIpc) is 3.22. The molecule has 1 amide bonds. The molecule has 2 heterocycles. The van der Waals surface area contributed by atoms with Crippen LogP contribution in [-0.4, -0.2) is 34.1 Å². The molecule has 0 radical (unpaired) electrons. The van der Waals surface area contributed by atoms with E-state index >= 15 is 0 Å². The largest absolute Gasteiger partial charge is 0.497 e. The van der Waals surface area contributed by atoms with Crippen LogP contribution in [0.5, 0.6) is 5.75 Å².